The molecular weight excluding hydrogens is 418 g/mol. The van der Waals surface area contributed by atoms with Crippen LogP contribution in [-0.4, -0.2) is 11.1 Å². The van der Waals surface area contributed by atoms with Gasteiger partial charge in [-0.05, 0) is 90.6 Å². The molecule has 0 radical (unpaired) electrons. The smallest absolute Gasteiger partial charge is 0.328 e. The lowest BCUT2D eigenvalue weighted by atomic mass is 9.98. The molecule has 34 heavy (non-hydrogen) atoms. The minimum atomic E-state index is -0.953. The van der Waals surface area contributed by atoms with Crippen molar-refractivity contribution in [2.45, 2.75) is 27.2 Å². The molecular formula is C31H29NO2. The molecule has 0 atom stereocenters. The van der Waals surface area contributed by atoms with Crippen LogP contribution in [0.4, 0.5) is 17.1 Å². The number of hydrogen-bond donors (Lipinski definition) is 1. The van der Waals surface area contributed by atoms with Crippen molar-refractivity contribution in [1.82, 2.24) is 0 Å². The summed E-state index contributed by atoms with van der Waals surface area (Å²) >= 11 is 0. The van der Waals surface area contributed by atoms with E-state index in [1.807, 2.05) is 24.3 Å². The van der Waals surface area contributed by atoms with Crippen molar-refractivity contribution in [3.05, 3.63) is 119 Å². The van der Waals surface area contributed by atoms with Gasteiger partial charge >= 0.3 is 5.97 Å². The summed E-state index contributed by atoms with van der Waals surface area (Å²) in [6, 6.07) is 31.8. The summed E-state index contributed by atoms with van der Waals surface area (Å²) in [6.07, 6.45) is 3.79. The molecule has 4 rings (SSSR count). The summed E-state index contributed by atoms with van der Waals surface area (Å²) in [7, 11) is 0. The van der Waals surface area contributed by atoms with Crippen LogP contribution >= 0.6 is 0 Å². The van der Waals surface area contributed by atoms with Crippen molar-refractivity contribution in [2.75, 3.05) is 4.90 Å². The molecule has 0 bridgehead atoms. The molecule has 4 aromatic carbocycles. The Labute approximate surface area is 201 Å². The molecule has 4 aromatic rings. The summed E-state index contributed by atoms with van der Waals surface area (Å²) < 4.78 is 0. The highest BCUT2D eigenvalue weighted by molar-refractivity contribution is 5.86. The standard InChI is InChI=1S/C31H29NO2/c1-4-24-7-12-26(13-8-24)30-19-18-29(21-23(30)3)32(27-14-5-22(2)6-15-27)28-16-9-25(10-17-28)11-20-31(33)34/h5-21H,4H2,1-3H3,(H,33,34)/b20-11+. The van der Waals surface area contributed by atoms with Crippen LogP contribution in [0.2, 0.25) is 0 Å². The number of carbonyl (C=O) groups is 1. The van der Waals surface area contributed by atoms with E-state index in [1.165, 1.54) is 27.8 Å². The monoisotopic (exact) mass is 447 g/mol. The third kappa shape index (κ3) is 5.26. The van der Waals surface area contributed by atoms with Crippen molar-refractivity contribution in [2.24, 2.45) is 0 Å². The Morgan fingerprint density at radius 3 is 1.94 bits per heavy atom. The molecule has 0 saturated carbocycles. The number of carboxylic acid groups (broad SMARTS) is 1. The highest BCUT2D eigenvalue weighted by atomic mass is 16.4. The number of aliphatic carboxylic acids is 1. The fraction of sp³-hybridized carbons (Fsp3) is 0.129. The predicted octanol–water partition coefficient (Wildman–Crippen LogP) is 8.10. The second-order valence-electron chi connectivity index (χ2n) is 8.48. The van der Waals surface area contributed by atoms with Gasteiger partial charge in [-0.25, -0.2) is 4.79 Å². The molecule has 1 N–H and O–H groups in total. The van der Waals surface area contributed by atoms with E-state index in [4.69, 9.17) is 5.11 Å². The molecule has 0 heterocycles. The quantitative estimate of drug-likeness (QED) is 0.291. The highest BCUT2D eigenvalue weighted by Gasteiger charge is 2.14. The van der Waals surface area contributed by atoms with Crippen molar-refractivity contribution < 1.29 is 9.90 Å². The molecule has 0 unspecified atom stereocenters. The van der Waals surface area contributed by atoms with Crippen molar-refractivity contribution in [3.63, 3.8) is 0 Å². The number of aryl methyl sites for hydroxylation is 3. The van der Waals surface area contributed by atoms with E-state index < -0.39 is 5.97 Å². The number of hydrogen-bond acceptors (Lipinski definition) is 2. The van der Waals surface area contributed by atoms with Crippen LogP contribution in [0, 0.1) is 13.8 Å². The molecule has 170 valence electrons. The van der Waals surface area contributed by atoms with E-state index in [2.05, 4.69) is 92.4 Å². The van der Waals surface area contributed by atoms with Crippen molar-refractivity contribution in [3.8, 4) is 11.1 Å². The number of anilines is 3. The fourth-order valence-electron chi connectivity index (χ4n) is 4.07. The maximum atomic E-state index is 10.8. The summed E-state index contributed by atoms with van der Waals surface area (Å²) in [5.74, 6) is -0.953. The lowest BCUT2D eigenvalue weighted by Crippen LogP contribution is -2.10. The van der Waals surface area contributed by atoms with Gasteiger partial charge in [0.1, 0.15) is 0 Å². The maximum absolute atomic E-state index is 10.8. The van der Waals surface area contributed by atoms with Crippen molar-refractivity contribution >= 4 is 29.1 Å². The molecule has 0 aliphatic rings. The van der Waals surface area contributed by atoms with Crippen LogP contribution in [0.15, 0.2) is 97.1 Å². The van der Waals surface area contributed by atoms with Crippen molar-refractivity contribution in [1.29, 1.82) is 0 Å². The summed E-state index contributed by atoms with van der Waals surface area (Å²) in [5, 5.41) is 8.90. The lowest BCUT2D eigenvalue weighted by Gasteiger charge is -2.26. The second-order valence-corrected chi connectivity index (χ2v) is 8.48. The molecule has 0 spiro atoms. The first-order valence-electron chi connectivity index (χ1n) is 11.5. The first-order valence-corrected chi connectivity index (χ1v) is 11.5. The van der Waals surface area contributed by atoms with E-state index in [9.17, 15) is 4.79 Å². The minimum Gasteiger partial charge on any atom is -0.478 e. The van der Waals surface area contributed by atoms with Gasteiger partial charge < -0.3 is 10.0 Å². The molecule has 3 nitrogen and oxygen atoms in total. The maximum Gasteiger partial charge on any atom is 0.328 e. The summed E-state index contributed by atoms with van der Waals surface area (Å²) in [6.45, 7) is 6.41. The Kier molecular flexibility index (Phi) is 6.93. The van der Waals surface area contributed by atoms with Gasteiger partial charge in [-0.15, -0.1) is 0 Å². The van der Waals surface area contributed by atoms with Crippen LogP contribution < -0.4 is 4.90 Å². The first kappa shape index (κ1) is 23.1. The van der Waals surface area contributed by atoms with Gasteiger partial charge in [0.05, 0.1) is 0 Å². The summed E-state index contributed by atoms with van der Waals surface area (Å²) in [5.41, 5.74) is 10.2. The molecule has 0 aliphatic heterocycles. The highest BCUT2D eigenvalue weighted by Crippen LogP contribution is 2.37. The molecule has 0 fully saturated rings. The fourth-order valence-corrected chi connectivity index (χ4v) is 4.07. The average Bonchev–Trinajstić information content (AvgIpc) is 2.85. The van der Waals surface area contributed by atoms with E-state index in [0.717, 1.165) is 35.1 Å². The lowest BCUT2D eigenvalue weighted by molar-refractivity contribution is -0.131. The summed E-state index contributed by atoms with van der Waals surface area (Å²) in [4.78, 5) is 13.1. The zero-order valence-corrected chi connectivity index (χ0v) is 19.8. The molecule has 0 aliphatic carbocycles. The van der Waals surface area contributed by atoms with E-state index >= 15 is 0 Å². The molecule has 0 amide bonds. The Bertz CT molecular complexity index is 1300. The third-order valence-electron chi connectivity index (χ3n) is 6.00. The number of rotatable bonds is 7. The molecule has 3 heteroatoms. The van der Waals surface area contributed by atoms with Gasteiger partial charge in [-0.1, -0.05) is 67.1 Å². The van der Waals surface area contributed by atoms with Crippen LogP contribution in [0.5, 0.6) is 0 Å². The predicted molar refractivity (Wildman–Crippen MR) is 142 cm³/mol. The Hall–Kier alpha value is -4.11. The zero-order chi connectivity index (χ0) is 24.1. The SMILES string of the molecule is CCc1ccc(-c2ccc(N(c3ccc(C)cc3)c3ccc(/C=C/C(=O)O)cc3)cc2C)cc1. The van der Waals surface area contributed by atoms with Crippen LogP contribution in [0.25, 0.3) is 17.2 Å². The van der Waals surface area contributed by atoms with Gasteiger partial charge in [0.15, 0.2) is 0 Å². The van der Waals surface area contributed by atoms with Crippen LogP contribution in [0.3, 0.4) is 0 Å². The first-order chi connectivity index (χ1) is 16.4. The normalized spacial score (nSPS) is 11.0. The molecule has 0 aromatic heterocycles. The van der Waals surface area contributed by atoms with Crippen LogP contribution in [0.1, 0.15) is 29.2 Å². The Morgan fingerprint density at radius 2 is 1.38 bits per heavy atom. The number of benzene rings is 4. The van der Waals surface area contributed by atoms with E-state index in [1.54, 1.807) is 6.08 Å². The average molecular weight is 448 g/mol. The zero-order valence-electron chi connectivity index (χ0n) is 19.8. The molecule has 0 saturated heterocycles. The Balaban J connectivity index is 1.74. The van der Waals surface area contributed by atoms with Gasteiger partial charge in [0, 0.05) is 23.1 Å². The number of carboxylic acids is 1. The van der Waals surface area contributed by atoms with Crippen LogP contribution in [-0.2, 0) is 11.2 Å². The minimum absolute atomic E-state index is 0.845. The topological polar surface area (TPSA) is 40.5 Å². The Morgan fingerprint density at radius 1 is 0.794 bits per heavy atom. The van der Waals surface area contributed by atoms with E-state index in [-0.39, 0.29) is 0 Å². The van der Waals surface area contributed by atoms with Gasteiger partial charge in [-0.2, -0.15) is 0 Å². The van der Waals surface area contributed by atoms with Gasteiger partial charge in [0.2, 0.25) is 0 Å². The van der Waals surface area contributed by atoms with Gasteiger partial charge in [0.25, 0.3) is 0 Å². The van der Waals surface area contributed by atoms with E-state index in [0.29, 0.717) is 0 Å². The largest absolute Gasteiger partial charge is 0.478 e. The van der Waals surface area contributed by atoms with Gasteiger partial charge in [-0.3, -0.25) is 0 Å². The number of nitrogens with zero attached hydrogens (tertiary/aromatic N) is 1. The third-order valence-corrected chi connectivity index (χ3v) is 6.00. The second kappa shape index (κ2) is 10.2.